The molecule has 1 aromatic heterocycles. The molecule has 2 aromatic rings. The number of ether oxygens (including phenoxy) is 1. The molecule has 28 heavy (non-hydrogen) atoms. The van der Waals surface area contributed by atoms with E-state index < -0.39 is 11.9 Å². The summed E-state index contributed by atoms with van der Waals surface area (Å²) in [6.07, 6.45) is 5.13. The summed E-state index contributed by atoms with van der Waals surface area (Å²) in [5.41, 5.74) is 2.13. The van der Waals surface area contributed by atoms with Crippen molar-refractivity contribution in [3.8, 4) is 17.1 Å². The van der Waals surface area contributed by atoms with Gasteiger partial charge in [-0.1, -0.05) is 36.8 Å². The van der Waals surface area contributed by atoms with Crippen LogP contribution in [0.15, 0.2) is 48.6 Å². The molecular formula is C20H25N3O5. The van der Waals surface area contributed by atoms with Gasteiger partial charge in [-0.05, 0) is 31.5 Å². The molecule has 0 aliphatic carbocycles. The summed E-state index contributed by atoms with van der Waals surface area (Å²) in [5.74, 6) is -1.83. The molecule has 1 fully saturated rings. The van der Waals surface area contributed by atoms with E-state index in [0.717, 1.165) is 17.8 Å². The summed E-state index contributed by atoms with van der Waals surface area (Å²) in [7, 11) is 0. The molecule has 1 aliphatic heterocycles. The Morgan fingerprint density at radius 2 is 1.71 bits per heavy atom. The van der Waals surface area contributed by atoms with Gasteiger partial charge in [0, 0.05) is 24.8 Å². The lowest BCUT2D eigenvalue weighted by molar-refractivity contribution is -0.134. The first-order valence-corrected chi connectivity index (χ1v) is 9.14. The Labute approximate surface area is 163 Å². The van der Waals surface area contributed by atoms with Gasteiger partial charge in [0.25, 0.3) is 0 Å². The third-order valence-corrected chi connectivity index (χ3v) is 4.11. The largest absolute Gasteiger partial charge is 0.478 e. The van der Waals surface area contributed by atoms with Gasteiger partial charge in [-0.2, -0.15) is 0 Å². The van der Waals surface area contributed by atoms with E-state index in [1.165, 1.54) is 32.4 Å². The number of aromatic nitrogens is 2. The number of carbonyl (C=O) groups is 2. The summed E-state index contributed by atoms with van der Waals surface area (Å²) in [6.45, 7) is 4.12. The number of nitrogens with zero attached hydrogens (tertiary/aromatic N) is 2. The van der Waals surface area contributed by atoms with Crippen LogP contribution in [0, 0.1) is 0 Å². The van der Waals surface area contributed by atoms with Crippen molar-refractivity contribution in [1.29, 1.82) is 0 Å². The number of nitrogens with one attached hydrogen (secondary N) is 1. The average molecular weight is 387 g/mol. The van der Waals surface area contributed by atoms with Gasteiger partial charge in [-0.25, -0.2) is 9.59 Å². The van der Waals surface area contributed by atoms with Crippen molar-refractivity contribution < 1.29 is 24.5 Å². The van der Waals surface area contributed by atoms with Crippen molar-refractivity contribution in [1.82, 2.24) is 15.1 Å². The van der Waals surface area contributed by atoms with E-state index in [0.29, 0.717) is 24.6 Å². The van der Waals surface area contributed by atoms with Gasteiger partial charge in [0.05, 0.1) is 5.69 Å². The first-order valence-electron chi connectivity index (χ1n) is 9.14. The number of H-pyrrole nitrogens is 1. The van der Waals surface area contributed by atoms with Crippen molar-refractivity contribution in [2.45, 2.75) is 19.3 Å². The van der Waals surface area contributed by atoms with Crippen LogP contribution in [0.4, 0.5) is 0 Å². The Hall–Kier alpha value is -3.13. The Morgan fingerprint density at radius 3 is 2.32 bits per heavy atom. The maximum Gasteiger partial charge on any atom is 0.328 e. The number of aliphatic carboxylic acids is 2. The minimum atomic E-state index is -1.26. The SMILES string of the molecule is O=C(O)C=CC(=O)O.c1ccc(-c2cc(OCCN3CCCCC3)n[nH]2)cc1. The van der Waals surface area contributed by atoms with Gasteiger partial charge in [0.2, 0.25) is 5.88 Å². The maximum atomic E-state index is 9.55. The third kappa shape index (κ3) is 8.05. The second-order valence-corrected chi connectivity index (χ2v) is 6.25. The Kier molecular flexibility index (Phi) is 8.74. The monoisotopic (exact) mass is 387 g/mol. The van der Waals surface area contributed by atoms with Crippen molar-refractivity contribution >= 4 is 11.9 Å². The molecule has 8 heteroatoms. The number of carboxylic acid groups (broad SMARTS) is 2. The molecule has 1 aromatic carbocycles. The zero-order valence-electron chi connectivity index (χ0n) is 15.6. The Morgan fingerprint density at radius 1 is 1.07 bits per heavy atom. The first-order chi connectivity index (χ1) is 13.5. The van der Waals surface area contributed by atoms with E-state index in [1.807, 2.05) is 24.3 Å². The number of piperidine rings is 1. The average Bonchev–Trinajstić information content (AvgIpc) is 3.17. The Balaban J connectivity index is 0.000000300. The molecule has 0 radical (unpaired) electrons. The zero-order valence-corrected chi connectivity index (χ0v) is 15.6. The van der Waals surface area contributed by atoms with Crippen LogP contribution in [0.25, 0.3) is 11.3 Å². The van der Waals surface area contributed by atoms with E-state index in [2.05, 4.69) is 27.2 Å². The standard InChI is InChI=1S/C16H21N3O.C4H4O4/c1-3-7-14(8-4-1)15-13-16(18-17-15)20-12-11-19-9-5-2-6-10-19;5-3(6)1-2-4(7)8/h1,3-4,7-8,13H,2,5-6,9-12H2,(H,17,18);1-2H,(H,5,6)(H,7,8). The molecular weight excluding hydrogens is 362 g/mol. The number of aromatic amines is 1. The fourth-order valence-electron chi connectivity index (χ4n) is 2.75. The molecule has 150 valence electrons. The van der Waals surface area contributed by atoms with Gasteiger partial charge in [-0.15, -0.1) is 5.10 Å². The number of rotatable bonds is 7. The maximum absolute atomic E-state index is 9.55. The lowest BCUT2D eigenvalue weighted by atomic mass is 10.1. The highest BCUT2D eigenvalue weighted by Gasteiger charge is 2.10. The summed E-state index contributed by atoms with van der Waals surface area (Å²) >= 11 is 0. The molecule has 0 saturated carbocycles. The number of likely N-dealkylation sites (tertiary alicyclic amines) is 1. The number of hydrogen-bond acceptors (Lipinski definition) is 5. The minimum Gasteiger partial charge on any atom is -0.478 e. The molecule has 8 nitrogen and oxygen atoms in total. The van der Waals surface area contributed by atoms with Gasteiger partial charge in [0.15, 0.2) is 0 Å². The van der Waals surface area contributed by atoms with Crippen LogP contribution >= 0.6 is 0 Å². The molecule has 0 atom stereocenters. The van der Waals surface area contributed by atoms with Crippen LogP contribution in [-0.2, 0) is 9.59 Å². The van der Waals surface area contributed by atoms with Crippen molar-refractivity contribution in [2.24, 2.45) is 0 Å². The number of carboxylic acids is 2. The summed E-state index contributed by atoms with van der Waals surface area (Å²) in [4.78, 5) is 21.6. The van der Waals surface area contributed by atoms with Crippen LogP contribution in [0.2, 0.25) is 0 Å². The lowest BCUT2D eigenvalue weighted by Crippen LogP contribution is -2.33. The highest BCUT2D eigenvalue weighted by Crippen LogP contribution is 2.20. The Bertz CT molecular complexity index is 751. The number of hydrogen-bond donors (Lipinski definition) is 3. The second-order valence-electron chi connectivity index (χ2n) is 6.25. The predicted molar refractivity (Wildman–Crippen MR) is 104 cm³/mol. The van der Waals surface area contributed by atoms with E-state index in [4.69, 9.17) is 14.9 Å². The molecule has 0 amide bonds. The lowest BCUT2D eigenvalue weighted by Gasteiger charge is -2.25. The number of benzene rings is 1. The first kappa shape index (κ1) is 21.2. The van der Waals surface area contributed by atoms with Crippen LogP contribution in [-0.4, -0.2) is 63.5 Å². The molecule has 3 rings (SSSR count). The van der Waals surface area contributed by atoms with Gasteiger partial charge >= 0.3 is 11.9 Å². The minimum absolute atomic E-state index is 0.558. The highest BCUT2D eigenvalue weighted by molar-refractivity contribution is 5.89. The van der Waals surface area contributed by atoms with Crippen LogP contribution < -0.4 is 4.74 Å². The van der Waals surface area contributed by atoms with Crippen LogP contribution in [0.5, 0.6) is 5.88 Å². The van der Waals surface area contributed by atoms with E-state index >= 15 is 0 Å². The summed E-state index contributed by atoms with van der Waals surface area (Å²) in [5, 5.41) is 22.9. The topological polar surface area (TPSA) is 116 Å². The predicted octanol–water partition coefficient (Wildman–Crippen LogP) is 2.65. The summed E-state index contributed by atoms with van der Waals surface area (Å²) in [6, 6.07) is 12.1. The second kappa shape index (κ2) is 11.6. The fourth-order valence-corrected chi connectivity index (χ4v) is 2.75. The third-order valence-electron chi connectivity index (χ3n) is 4.11. The van der Waals surface area contributed by atoms with Crippen LogP contribution in [0.3, 0.4) is 0 Å². The van der Waals surface area contributed by atoms with Crippen molar-refractivity contribution in [3.63, 3.8) is 0 Å². The molecule has 2 heterocycles. The molecule has 0 spiro atoms. The fraction of sp³-hybridized carbons (Fsp3) is 0.350. The van der Waals surface area contributed by atoms with Gasteiger partial charge < -0.3 is 14.9 Å². The van der Waals surface area contributed by atoms with E-state index in [1.54, 1.807) is 0 Å². The van der Waals surface area contributed by atoms with Gasteiger partial charge in [0.1, 0.15) is 6.61 Å². The molecule has 1 aliphatic rings. The quantitative estimate of drug-likeness (QED) is 0.626. The van der Waals surface area contributed by atoms with E-state index in [-0.39, 0.29) is 0 Å². The zero-order chi connectivity index (χ0) is 20.2. The molecule has 1 saturated heterocycles. The smallest absolute Gasteiger partial charge is 0.328 e. The molecule has 0 bridgehead atoms. The van der Waals surface area contributed by atoms with Crippen molar-refractivity contribution in [2.75, 3.05) is 26.2 Å². The molecule has 0 unspecified atom stereocenters. The normalized spacial score (nSPS) is 14.3. The molecule has 3 N–H and O–H groups in total. The van der Waals surface area contributed by atoms with Crippen molar-refractivity contribution in [3.05, 3.63) is 48.6 Å². The highest BCUT2D eigenvalue weighted by atomic mass is 16.5. The van der Waals surface area contributed by atoms with E-state index in [9.17, 15) is 9.59 Å². The van der Waals surface area contributed by atoms with Crippen LogP contribution in [0.1, 0.15) is 19.3 Å². The summed E-state index contributed by atoms with van der Waals surface area (Å²) < 4.78 is 5.73. The van der Waals surface area contributed by atoms with Gasteiger partial charge in [-0.3, -0.25) is 10.00 Å².